The van der Waals surface area contributed by atoms with E-state index in [1.165, 1.54) is 32.4 Å². The van der Waals surface area contributed by atoms with Crippen molar-refractivity contribution >= 4 is 49.6 Å². The van der Waals surface area contributed by atoms with Crippen LogP contribution in [0.15, 0.2) is 63.3 Å². The maximum absolute atomic E-state index is 12.0. The predicted molar refractivity (Wildman–Crippen MR) is 130 cm³/mol. The molecular weight excluding hydrogens is 483 g/mol. The fourth-order valence-corrected chi connectivity index (χ4v) is 7.35. The average Bonchev–Trinajstić information content (AvgIpc) is 3.30. The van der Waals surface area contributed by atoms with E-state index >= 15 is 0 Å². The Hall–Kier alpha value is -2.28. The summed E-state index contributed by atoms with van der Waals surface area (Å²) in [6, 6.07) is 10.3. The minimum atomic E-state index is -0.545. The van der Waals surface area contributed by atoms with Crippen LogP contribution >= 0.6 is 11.9 Å². The fourth-order valence-electron chi connectivity index (χ4n) is 3.76. The Balaban J connectivity index is 1.26. The molecule has 0 spiro atoms. The summed E-state index contributed by atoms with van der Waals surface area (Å²) in [5.74, 6) is 2.25. The maximum atomic E-state index is 12.0. The second-order valence-electron chi connectivity index (χ2n) is 8.79. The van der Waals surface area contributed by atoms with Gasteiger partial charge < -0.3 is 0 Å². The van der Waals surface area contributed by atoms with Gasteiger partial charge in [-0.3, -0.25) is 0 Å². The molecule has 0 radical (unpaired) electrons. The molecule has 0 bridgehead atoms. The molecule has 9 heteroatoms. The molecule has 0 saturated heterocycles. The third kappa shape index (κ3) is 5.19. The summed E-state index contributed by atoms with van der Waals surface area (Å²) in [5, 5.41) is 10.8. The van der Waals surface area contributed by atoms with Crippen LogP contribution < -0.4 is 14.7 Å². The van der Waals surface area contributed by atoms with Gasteiger partial charge in [0.25, 0.3) is 0 Å². The van der Waals surface area contributed by atoms with Crippen molar-refractivity contribution in [2.45, 2.75) is 43.9 Å². The number of hydrogen-bond donors (Lipinski definition) is 3. The van der Waals surface area contributed by atoms with E-state index in [0.29, 0.717) is 18.3 Å². The van der Waals surface area contributed by atoms with Gasteiger partial charge >= 0.3 is 186 Å². The minimum absolute atomic E-state index is 0.0616. The van der Waals surface area contributed by atoms with Crippen LogP contribution in [0, 0.1) is 5.92 Å². The molecule has 32 heavy (non-hydrogen) atoms. The third-order valence-electron chi connectivity index (χ3n) is 5.48. The fraction of sp³-hybridized carbons (Fsp3) is 0.348. The SMILES string of the molecule is CC(C)CC(=O)Nc1ccc(SN2C=C([AsH]c3cc(C4CC4)[nH]n3)[NH+]3C=CN=C3C2)cc1. The van der Waals surface area contributed by atoms with Crippen molar-refractivity contribution in [3.05, 3.63) is 59.1 Å². The van der Waals surface area contributed by atoms with E-state index in [0.717, 1.165) is 23.0 Å². The van der Waals surface area contributed by atoms with E-state index in [1.807, 2.05) is 32.2 Å². The van der Waals surface area contributed by atoms with Gasteiger partial charge in [-0.2, -0.15) is 0 Å². The molecule has 3 heterocycles. The monoisotopic (exact) mass is 511 g/mol. The number of benzene rings is 1. The number of hydrogen-bond acceptors (Lipinski definition) is 5. The van der Waals surface area contributed by atoms with Gasteiger partial charge in [-0.1, -0.05) is 13.8 Å². The van der Waals surface area contributed by atoms with Crippen molar-refractivity contribution in [3.8, 4) is 0 Å². The molecule has 1 fully saturated rings. The number of carbonyl (C=O) groups is 1. The van der Waals surface area contributed by atoms with Gasteiger partial charge in [0, 0.05) is 0 Å². The number of anilines is 1. The average molecular weight is 512 g/mol. The second-order valence-corrected chi connectivity index (χ2v) is 12.6. The number of fused-ring (bicyclic) bond motifs is 1. The number of amides is 1. The van der Waals surface area contributed by atoms with Gasteiger partial charge in [-0.25, -0.2) is 0 Å². The molecule has 1 aromatic heterocycles. The molecule has 2 atom stereocenters. The molecule has 2 unspecified atom stereocenters. The van der Waals surface area contributed by atoms with E-state index < -0.39 is 15.8 Å². The summed E-state index contributed by atoms with van der Waals surface area (Å²) in [7, 11) is 0. The number of rotatable bonds is 8. The Labute approximate surface area is 199 Å². The molecule has 166 valence electrons. The zero-order valence-corrected chi connectivity index (χ0v) is 21.2. The molecule has 1 aliphatic carbocycles. The van der Waals surface area contributed by atoms with Gasteiger partial charge in [-0.15, -0.1) is 0 Å². The summed E-state index contributed by atoms with van der Waals surface area (Å²) in [6.07, 6.45) is 9.42. The normalized spacial score (nSPS) is 20.1. The van der Waals surface area contributed by atoms with Crippen LogP contribution in [0.25, 0.3) is 0 Å². The molecule has 1 amide bonds. The Kier molecular flexibility index (Phi) is 6.26. The van der Waals surface area contributed by atoms with Crippen LogP contribution in [-0.2, 0) is 4.79 Å². The topological polar surface area (TPSA) is 77.8 Å². The number of carbonyl (C=O) groups excluding carboxylic acids is 1. The second kappa shape index (κ2) is 9.30. The number of quaternary nitrogens is 1. The number of aliphatic imine (C=N–C) groups is 1. The van der Waals surface area contributed by atoms with Gasteiger partial charge in [-0.05, 0) is 0 Å². The van der Waals surface area contributed by atoms with Crippen molar-refractivity contribution in [1.82, 2.24) is 14.5 Å². The van der Waals surface area contributed by atoms with Gasteiger partial charge in [0.2, 0.25) is 0 Å². The van der Waals surface area contributed by atoms with Crippen molar-refractivity contribution in [2.75, 3.05) is 11.9 Å². The van der Waals surface area contributed by atoms with Crippen LogP contribution in [0.2, 0.25) is 0 Å². The summed E-state index contributed by atoms with van der Waals surface area (Å²) in [6.45, 7) is 4.88. The van der Waals surface area contributed by atoms with Crippen molar-refractivity contribution in [3.63, 3.8) is 0 Å². The molecule has 3 aliphatic rings. The Morgan fingerprint density at radius 1 is 1.34 bits per heavy atom. The molecule has 3 N–H and O–H groups in total. The first-order valence-corrected chi connectivity index (χ1v) is 13.9. The van der Waals surface area contributed by atoms with Crippen molar-refractivity contribution < 1.29 is 9.69 Å². The first kappa shape index (κ1) is 21.6. The Morgan fingerprint density at radius 2 is 2.16 bits per heavy atom. The Morgan fingerprint density at radius 3 is 2.91 bits per heavy atom. The van der Waals surface area contributed by atoms with E-state index in [-0.39, 0.29) is 5.91 Å². The van der Waals surface area contributed by atoms with Crippen molar-refractivity contribution in [2.24, 2.45) is 10.9 Å². The van der Waals surface area contributed by atoms with Crippen molar-refractivity contribution in [1.29, 1.82) is 0 Å². The first-order valence-electron chi connectivity index (χ1n) is 11.0. The Bertz CT molecular complexity index is 1090. The van der Waals surface area contributed by atoms with Crippen LogP contribution in [0.3, 0.4) is 0 Å². The van der Waals surface area contributed by atoms with E-state index in [9.17, 15) is 4.79 Å². The summed E-state index contributed by atoms with van der Waals surface area (Å²) in [5.41, 5.74) is 2.14. The number of amidine groups is 1. The summed E-state index contributed by atoms with van der Waals surface area (Å²) < 4.78 is 4.83. The summed E-state index contributed by atoms with van der Waals surface area (Å²) >= 11 is 1.16. The zero-order valence-electron chi connectivity index (χ0n) is 18.3. The standard InChI is InChI=1S/C23H27AsN6OS/c1-15(2)11-23(31)26-17-5-7-18(8-6-17)32-29-13-21(30-10-9-25-22(30)14-29)24-20-12-19(27-28-20)16-3-4-16/h5-10,12-13,15-16,24H,3-4,11,14H2,1-2H3,(H,26,31)(H,27,28)/p+1. The summed E-state index contributed by atoms with van der Waals surface area (Å²) in [4.78, 5) is 19.0. The number of nitrogens with zero attached hydrogens (tertiary/aromatic N) is 3. The number of aromatic amines is 1. The molecule has 1 saturated carbocycles. The molecule has 5 rings (SSSR count). The number of H-pyrrole nitrogens is 1. The number of aromatic nitrogens is 2. The molecule has 7 nitrogen and oxygen atoms in total. The van der Waals surface area contributed by atoms with Crippen LogP contribution in [0.4, 0.5) is 5.69 Å². The predicted octanol–water partition coefficient (Wildman–Crippen LogP) is 1.92. The quantitative estimate of drug-likeness (QED) is 0.374. The van der Waals surface area contributed by atoms with Gasteiger partial charge in [0.05, 0.1) is 0 Å². The van der Waals surface area contributed by atoms with E-state index in [2.05, 4.69) is 55.4 Å². The van der Waals surface area contributed by atoms with E-state index in [1.54, 1.807) is 11.9 Å². The van der Waals surface area contributed by atoms with Gasteiger partial charge in [0.15, 0.2) is 0 Å². The van der Waals surface area contributed by atoms with Crippen LogP contribution in [0.5, 0.6) is 0 Å². The zero-order chi connectivity index (χ0) is 22.1. The van der Waals surface area contributed by atoms with Crippen LogP contribution in [0.1, 0.15) is 44.7 Å². The molecule has 2 aliphatic heterocycles. The first-order chi connectivity index (χ1) is 15.5. The van der Waals surface area contributed by atoms with E-state index in [4.69, 9.17) is 0 Å². The molecule has 1 aromatic carbocycles. The van der Waals surface area contributed by atoms with Crippen LogP contribution in [-0.4, -0.2) is 48.5 Å². The third-order valence-corrected chi connectivity index (χ3v) is 8.91. The van der Waals surface area contributed by atoms with Gasteiger partial charge in [0.1, 0.15) is 0 Å². The molecular formula is C23H28AsN6OS+. The molecule has 2 aromatic rings. The number of nitrogens with one attached hydrogen (secondary N) is 3.